The largest absolute Gasteiger partial charge is 0.479 e. The van der Waals surface area contributed by atoms with E-state index in [9.17, 15) is 8.42 Å². The van der Waals surface area contributed by atoms with Crippen LogP contribution < -0.4 is 15.4 Å². The van der Waals surface area contributed by atoms with Gasteiger partial charge in [-0.25, -0.2) is 13.4 Å². The molecule has 1 atom stereocenters. The lowest BCUT2D eigenvalue weighted by atomic mass is 10.2. The number of ether oxygens (including phenoxy) is 1. The molecule has 0 radical (unpaired) electrons. The Balaban J connectivity index is 2.06. The van der Waals surface area contributed by atoms with E-state index in [1.54, 1.807) is 7.11 Å². The SMILES string of the molecule is COc1ncnc2c1NCC(CCS(C)(=O)=O)N2. The van der Waals surface area contributed by atoms with Crippen LogP contribution in [0.15, 0.2) is 6.33 Å². The van der Waals surface area contributed by atoms with Crippen molar-refractivity contribution in [2.24, 2.45) is 0 Å². The smallest absolute Gasteiger partial charge is 0.242 e. The van der Waals surface area contributed by atoms with Crippen molar-refractivity contribution in [3.8, 4) is 5.88 Å². The predicted molar refractivity (Wildman–Crippen MR) is 68.8 cm³/mol. The molecule has 8 heteroatoms. The first-order chi connectivity index (χ1) is 8.49. The summed E-state index contributed by atoms with van der Waals surface area (Å²) in [6, 6.07) is 0.0341. The average Bonchev–Trinajstić information content (AvgIpc) is 2.34. The van der Waals surface area contributed by atoms with Crippen LogP contribution in [0.25, 0.3) is 0 Å². The van der Waals surface area contributed by atoms with Crippen molar-refractivity contribution in [3.63, 3.8) is 0 Å². The summed E-state index contributed by atoms with van der Waals surface area (Å²) in [5, 5.41) is 6.35. The molecule has 18 heavy (non-hydrogen) atoms. The predicted octanol–water partition coefficient (Wildman–Crippen LogP) is 0.126. The number of anilines is 2. The maximum atomic E-state index is 11.1. The molecular weight excluding hydrogens is 256 g/mol. The Morgan fingerprint density at radius 2 is 2.28 bits per heavy atom. The van der Waals surface area contributed by atoms with Crippen molar-refractivity contribution >= 4 is 21.3 Å². The highest BCUT2D eigenvalue weighted by molar-refractivity contribution is 7.90. The third-order valence-electron chi connectivity index (χ3n) is 2.71. The number of aromatic nitrogens is 2. The number of hydrogen-bond acceptors (Lipinski definition) is 7. The highest BCUT2D eigenvalue weighted by Gasteiger charge is 2.22. The molecule has 0 saturated carbocycles. The molecule has 100 valence electrons. The first-order valence-corrected chi connectivity index (χ1v) is 7.63. The zero-order valence-corrected chi connectivity index (χ0v) is 11.1. The molecule has 0 amide bonds. The molecule has 0 fully saturated rings. The van der Waals surface area contributed by atoms with E-state index in [1.807, 2.05) is 0 Å². The number of nitrogens with one attached hydrogen (secondary N) is 2. The summed E-state index contributed by atoms with van der Waals surface area (Å²) in [6.07, 6.45) is 3.19. The zero-order chi connectivity index (χ0) is 13.2. The van der Waals surface area contributed by atoms with Gasteiger partial charge in [-0.3, -0.25) is 0 Å². The van der Waals surface area contributed by atoms with Crippen LogP contribution in [0.5, 0.6) is 5.88 Å². The summed E-state index contributed by atoms with van der Waals surface area (Å²) in [5.74, 6) is 1.28. The molecule has 1 aromatic heterocycles. The summed E-state index contributed by atoms with van der Waals surface area (Å²) in [6.45, 7) is 0.617. The first-order valence-electron chi connectivity index (χ1n) is 5.56. The lowest BCUT2D eigenvalue weighted by Crippen LogP contribution is -2.35. The molecular formula is C10H16N4O3S. The molecule has 0 bridgehead atoms. The van der Waals surface area contributed by atoms with E-state index in [1.165, 1.54) is 12.6 Å². The van der Waals surface area contributed by atoms with Crippen molar-refractivity contribution in [1.29, 1.82) is 0 Å². The molecule has 0 aliphatic carbocycles. The van der Waals surface area contributed by atoms with Gasteiger partial charge in [0.15, 0.2) is 5.82 Å². The van der Waals surface area contributed by atoms with Gasteiger partial charge in [-0.1, -0.05) is 0 Å². The normalized spacial score (nSPS) is 18.4. The number of sulfone groups is 1. The lowest BCUT2D eigenvalue weighted by Gasteiger charge is -2.27. The highest BCUT2D eigenvalue weighted by Crippen LogP contribution is 2.31. The van der Waals surface area contributed by atoms with Gasteiger partial charge in [0.2, 0.25) is 5.88 Å². The fraction of sp³-hybridized carbons (Fsp3) is 0.600. The van der Waals surface area contributed by atoms with Crippen molar-refractivity contribution in [2.75, 3.05) is 36.3 Å². The second-order valence-corrected chi connectivity index (χ2v) is 6.51. The number of hydrogen-bond donors (Lipinski definition) is 2. The molecule has 1 aliphatic heterocycles. The monoisotopic (exact) mass is 272 g/mol. The maximum absolute atomic E-state index is 11.1. The van der Waals surface area contributed by atoms with E-state index in [2.05, 4.69) is 20.6 Å². The summed E-state index contributed by atoms with van der Waals surface area (Å²) < 4.78 is 27.4. The third kappa shape index (κ3) is 3.00. The van der Waals surface area contributed by atoms with Gasteiger partial charge in [-0.2, -0.15) is 4.98 Å². The van der Waals surface area contributed by atoms with Gasteiger partial charge < -0.3 is 15.4 Å². The second-order valence-electron chi connectivity index (χ2n) is 4.25. The second kappa shape index (κ2) is 4.97. The van der Waals surface area contributed by atoms with Crippen LogP contribution in [-0.4, -0.2) is 50.1 Å². The number of nitrogens with zero attached hydrogens (tertiary/aromatic N) is 2. The van der Waals surface area contributed by atoms with Crippen LogP contribution >= 0.6 is 0 Å². The minimum atomic E-state index is -2.94. The van der Waals surface area contributed by atoms with Gasteiger partial charge in [-0.05, 0) is 6.42 Å². The fourth-order valence-corrected chi connectivity index (χ4v) is 2.51. The molecule has 7 nitrogen and oxygen atoms in total. The Kier molecular flexibility index (Phi) is 3.55. The lowest BCUT2D eigenvalue weighted by molar-refractivity contribution is 0.398. The van der Waals surface area contributed by atoms with E-state index >= 15 is 0 Å². The summed E-state index contributed by atoms with van der Waals surface area (Å²) >= 11 is 0. The molecule has 1 aromatic rings. The van der Waals surface area contributed by atoms with Gasteiger partial charge >= 0.3 is 0 Å². The first kappa shape index (κ1) is 12.9. The van der Waals surface area contributed by atoms with Crippen molar-refractivity contribution in [2.45, 2.75) is 12.5 Å². The molecule has 1 unspecified atom stereocenters. The Labute approximate surface area is 106 Å². The van der Waals surface area contributed by atoms with Gasteiger partial charge in [0.05, 0.1) is 12.9 Å². The summed E-state index contributed by atoms with van der Waals surface area (Å²) in [4.78, 5) is 8.10. The molecule has 2 rings (SSSR count). The van der Waals surface area contributed by atoms with Crippen molar-refractivity contribution in [3.05, 3.63) is 6.33 Å². The van der Waals surface area contributed by atoms with E-state index in [-0.39, 0.29) is 11.8 Å². The van der Waals surface area contributed by atoms with Gasteiger partial charge in [0.25, 0.3) is 0 Å². The van der Waals surface area contributed by atoms with Crippen molar-refractivity contribution in [1.82, 2.24) is 9.97 Å². The van der Waals surface area contributed by atoms with Crippen LogP contribution in [0.4, 0.5) is 11.5 Å². The molecule has 0 spiro atoms. The van der Waals surface area contributed by atoms with Gasteiger partial charge in [0, 0.05) is 18.8 Å². The Bertz CT molecular complexity index is 532. The number of rotatable bonds is 4. The molecule has 2 heterocycles. The Morgan fingerprint density at radius 1 is 1.50 bits per heavy atom. The molecule has 2 N–H and O–H groups in total. The maximum Gasteiger partial charge on any atom is 0.242 e. The van der Waals surface area contributed by atoms with E-state index in [4.69, 9.17) is 4.74 Å². The summed E-state index contributed by atoms with van der Waals surface area (Å²) in [7, 11) is -1.40. The highest BCUT2D eigenvalue weighted by atomic mass is 32.2. The fourth-order valence-electron chi connectivity index (χ4n) is 1.79. The van der Waals surface area contributed by atoms with E-state index in [0.29, 0.717) is 24.7 Å². The average molecular weight is 272 g/mol. The Hall–Kier alpha value is -1.57. The van der Waals surface area contributed by atoms with Crippen LogP contribution in [0.3, 0.4) is 0 Å². The molecule has 0 aromatic carbocycles. The minimum absolute atomic E-state index is 0.0341. The number of fused-ring (bicyclic) bond motifs is 1. The zero-order valence-electron chi connectivity index (χ0n) is 10.3. The number of methoxy groups -OCH3 is 1. The van der Waals surface area contributed by atoms with Gasteiger partial charge in [-0.15, -0.1) is 0 Å². The topological polar surface area (TPSA) is 93.2 Å². The molecule has 0 saturated heterocycles. The van der Waals surface area contributed by atoms with Crippen LogP contribution in [0, 0.1) is 0 Å². The van der Waals surface area contributed by atoms with Gasteiger partial charge in [0.1, 0.15) is 21.9 Å². The van der Waals surface area contributed by atoms with Crippen LogP contribution in [-0.2, 0) is 9.84 Å². The minimum Gasteiger partial charge on any atom is -0.479 e. The van der Waals surface area contributed by atoms with E-state index < -0.39 is 9.84 Å². The standard InChI is InChI=1S/C10H16N4O3S/c1-17-10-8-9(12-6-13-10)14-7(5-11-8)3-4-18(2,15)16/h6-7,11H,3-5H2,1-2H3,(H,12,13,14). The van der Waals surface area contributed by atoms with Crippen LogP contribution in [0.1, 0.15) is 6.42 Å². The van der Waals surface area contributed by atoms with E-state index in [0.717, 1.165) is 5.69 Å². The Morgan fingerprint density at radius 3 is 2.94 bits per heavy atom. The third-order valence-corrected chi connectivity index (χ3v) is 3.69. The van der Waals surface area contributed by atoms with Crippen molar-refractivity contribution < 1.29 is 13.2 Å². The quantitative estimate of drug-likeness (QED) is 0.804. The summed E-state index contributed by atoms with van der Waals surface area (Å²) in [5.41, 5.74) is 0.718. The van der Waals surface area contributed by atoms with Crippen LogP contribution in [0.2, 0.25) is 0 Å². The molecule has 1 aliphatic rings.